The standard InChI is InChI=1S/C13H18ClN3O/c1-16-8-5-10(6-9-16)17(2)13(18)11-4-3-7-15-12(11)14/h3-4,7,10H,5-6,8-9H2,1-2H3. The molecule has 1 aliphatic heterocycles. The summed E-state index contributed by atoms with van der Waals surface area (Å²) in [5.74, 6) is -0.0392. The number of nitrogens with zero attached hydrogens (tertiary/aromatic N) is 3. The number of hydrogen-bond donors (Lipinski definition) is 0. The van der Waals surface area contributed by atoms with Crippen LogP contribution in [0.15, 0.2) is 18.3 Å². The lowest BCUT2D eigenvalue weighted by atomic mass is 10.0. The number of carbonyl (C=O) groups is 1. The number of hydrogen-bond acceptors (Lipinski definition) is 3. The average molecular weight is 268 g/mol. The van der Waals surface area contributed by atoms with Crippen molar-refractivity contribution in [3.8, 4) is 0 Å². The molecule has 18 heavy (non-hydrogen) atoms. The number of rotatable bonds is 2. The van der Waals surface area contributed by atoms with Gasteiger partial charge in [0.15, 0.2) is 0 Å². The molecule has 0 bridgehead atoms. The molecular formula is C13H18ClN3O. The minimum atomic E-state index is -0.0392. The first-order chi connectivity index (χ1) is 8.59. The van der Waals surface area contributed by atoms with Crippen LogP contribution < -0.4 is 0 Å². The Bertz CT molecular complexity index is 430. The normalized spacial score (nSPS) is 17.7. The van der Waals surface area contributed by atoms with Gasteiger partial charge < -0.3 is 9.80 Å². The molecule has 4 nitrogen and oxygen atoms in total. The first-order valence-corrected chi connectivity index (χ1v) is 6.53. The highest BCUT2D eigenvalue weighted by atomic mass is 35.5. The number of piperidine rings is 1. The Balaban J connectivity index is 2.07. The van der Waals surface area contributed by atoms with Crippen molar-refractivity contribution in [2.75, 3.05) is 27.2 Å². The van der Waals surface area contributed by atoms with Crippen LogP contribution in [0.1, 0.15) is 23.2 Å². The number of carbonyl (C=O) groups excluding carboxylic acids is 1. The second kappa shape index (κ2) is 5.67. The molecule has 0 atom stereocenters. The summed E-state index contributed by atoms with van der Waals surface area (Å²) in [4.78, 5) is 20.4. The van der Waals surface area contributed by atoms with E-state index >= 15 is 0 Å². The molecular weight excluding hydrogens is 250 g/mol. The van der Waals surface area contributed by atoms with Crippen LogP contribution in [0.2, 0.25) is 5.15 Å². The number of pyridine rings is 1. The lowest BCUT2D eigenvalue weighted by Crippen LogP contribution is -2.44. The lowest BCUT2D eigenvalue weighted by molar-refractivity contribution is 0.0659. The van der Waals surface area contributed by atoms with E-state index in [2.05, 4.69) is 16.9 Å². The highest BCUT2D eigenvalue weighted by molar-refractivity contribution is 6.32. The van der Waals surface area contributed by atoms with Crippen LogP contribution in [-0.2, 0) is 0 Å². The van der Waals surface area contributed by atoms with Crippen molar-refractivity contribution < 1.29 is 4.79 Å². The van der Waals surface area contributed by atoms with Crippen LogP contribution in [0.5, 0.6) is 0 Å². The fourth-order valence-electron chi connectivity index (χ4n) is 2.28. The van der Waals surface area contributed by atoms with Gasteiger partial charge in [0.25, 0.3) is 5.91 Å². The van der Waals surface area contributed by atoms with Gasteiger partial charge in [-0.05, 0) is 45.1 Å². The molecule has 1 aromatic rings. The van der Waals surface area contributed by atoms with Crippen molar-refractivity contribution in [3.63, 3.8) is 0 Å². The molecule has 0 aromatic carbocycles. The Morgan fingerprint density at radius 2 is 2.17 bits per heavy atom. The fraction of sp³-hybridized carbons (Fsp3) is 0.538. The van der Waals surface area contributed by atoms with E-state index in [1.807, 2.05) is 7.05 Å². The number of halogens is 1. The number of likely N-dealkylation sites (tertiary alicyclic amines) is 1. The van der Waals surface area contributed by atoms with Gasteiger partial charge in [-0.1, -0.05) is 11.6 Å². The molecule has 1 aromatic heterocycles. The summed E-state index contributed by atoms with van der Waals surface area (Å²) in [6.45, 7) is 2.06. The maximum Gasteiger partial charge on any atom is 0.256 e. The molecule has 2 heterocycles. The molecule has 0 aliphatic carbocycles. The molecule has 0 spiro atoms. The van der Waals surface area contributed by atoms with Crippen molar-refractivity contribution in [2.24, 2.45) is 0 Å². The summed E-state index contributed by atoms with van der Waals surface area (Å²) < 4.78 is 0. The smallest absolute Gasteiger partial charge is 0.256 e. The van der Waals surface area contributed by atoms with E-state index in [1.54, 1.807) is 23.2 Å². The first kappa shape index (κ1) is 13.3. The third-order valence-corrected chi connectivity index (χ3v) is 3.85. The van der Waals surface area contributed by atoms with E-state index in [-0.39, 0.29) is 11.1 Å². The number of amides is 1. The van der Waals surface area contributed by atoms with Crippen molar-refractivity contribution in [1.82, 2.24) is 14.8 Å². The third-order valence-electron chi connectivity index (χ3n) is 3.55. The predicted octanol–water partition coefficient (Wildman–Crippen LogP) is 1.90. The molecule has 0 saturated carbocycles. The summed E-state index contributed by atoms with van der Waals surface area (Å²) in [6.07, 6.45) is 3.61. The zero-order valence-corrected chi connectivity index (χ0v) is 11.5. The van der Waals surface area contributed by atoms with Gasteiger partial charge >= 0.3 is 0 Å². The maximum atomic E-state index is 12.3. The third kappa shape index (κ3) is 2.82. The van der Waals surface area contributed by atoms with Gasteiger partial charge in [0.2, 0.25) is 0 Å². The van der Waals surface area contributed by atoms with Gasteiger partial charge in [0.05, 0.1) is 5.56 Å². The molecule has 1 aliphatic rings. The van der Waals surface area contributed by atoms with Crippen LogP contribution in [0.4, 0.5) is 0 Å². The van der Waals surface area contributed by atoms with E-state index in [0.29, 0.717) is 11.6 Å². The Labute approximate surface area is 113 Å². The highest BCUT2D eigenvalue weighted by Gasteiger charge is 2.25. The van der Waals surface area contributed by atoms with E-state index in [9.17, 15) is 4.79 Å². The van der Waals surface area contributed by atoms with Crippen LogP contribution in [0.3, 0.4) is 0 Å². The molecule has 1 saturated heterocycles. The lowest BCUT2D eigenvalue weighted by Gasteiger charge is -2.35. The minimum absolute atomic E-state index is 0.0392. The summed E-state index contributed by atoms with van der Waals surface area (Å²) in [5.41, 5.74) is 0.487. The van der Waals surface area contributed by atoms with Gasteiger partial charge in [0.1, 0.15) is 5.15 Å². The first-order valence-electron chi connectivity index (χ1n) is 6.16. The van der Waals surface area contributed by atoms with Crippen LogP contribution in [-0.4, -0.2) is 53.9 Å². The van der Waals surface area contributed by atoms with Crippen molar-refractivity contribution >= 4 is 17.5 Å². The summed E-state index contributed by atoms with van der Waals surface area (Å²) in [5, 5.41) is 0.280. The zero-order valence-electron chi connectivity index (χ0n) is 10.8. The maximum absolute atomic E-state index is 12.3. The molecule has 0 radical (unpaired) electrons. The van der Waals surface area contributed by atoms with Crippen molar-refractivity contribution in [1.29, 1.82) is 0 Å². The molecule has 1 fully saturated rings. The quantitative estimate of drug-likeness (QED) is 0.768. The van der Waals surface area contributed by atoms with Crippen molar-refractivity contribution in [2.45, 2.75) is 18.9 Å². The van der Waals surface area contributed by atoms with E-state index in [1.165, 1.54) is 0 Å². The fourth-order valence-corrected chi connectivity index (χ4v) is 2.48. The Morgan fingerprint density at radius 3 is 2.78 bits per heavy atom. The Kier molecular flexibility index (Phi) is 4.19. The average Bonchev–Trinajstić information content (AvgIpc) is 2.38. The largest absolute Gasteiger partial charge is 0.339 e. The molecule has 2 rings (SSSR count). The summed E-state index contributed by atoms with van der Waals surface area (Å²) in [6, 6.07) is 3.76. The zero-order chi connectivity index (χ0) is 13.1. The monoisotopic (exact) mass is 267 g/mol. The van der Waals surface area contributed by atoms with E-state index < -0.39 is 0 Å². The minimum Gasteiger partial charge on any atom is -0.339 e. The molecule has 5 heteroatoms. The second-order valence-corrected chi connectivity index (χ2v) is 5.15. The van der Waals surface area contributed by atoms with Crippen LogP contribution >= 0.6 is 11.6 Å². The van der Waals surface area contributed by atoms with Crippen LogP contribution in [0, 0.1) is 0 Å². The van der Waals surface area contributed by atoms with Gasteiger partial charge in [-0.2, -0.15) is 0 Å². The Morgan fingerprint density at radius 1 is 1.50 bits per heavy atom. The van der Waals surface area contributed by atoms with Gasteiger partial charge in [-0.25, -0.2) is 4.98 Å². The second-order valence-electron chi connectivity index (χ2n) is 4.79. The molecule has 98 valence electrons. The van der Waals surface area contributed by atoms with Gasteiger partial charge in [0, 0.05) is 19.3 Å². The topological polar surface area (TPSA) is 36.4 Å². The molecule has 0 N–H and O–H groups in total. The van der Waals surface area contributed by atoms with Gasteiger partial charge in [-0.3, -0.25) is 4.79 Å². The van der Waals surface area contributed by atoms with Gasteiger partial charge in [-0.15, -0.1) is 0 Å². The van der Waals surface area contributed by atoms with E-state index in [0.717, 1.165) is 25.9 Å². The number of aromatic nitrogens is 1. The summed E-state index contributed by atoms with van der Waals surface area (Å²) >= 11 is 5.96. The Hall–Kier alpha value is -1.13. The van der Waals surface area contributed by atoms with Crippen LogP contribution in [0.25, 0.3) is 0 Å². The predicted molar refractivity (Wildman–Crippen MR) is 71.9 cm³/mol. The van der Waals surface area contributed by atoms with Crippen molar-refractivity contribution in [3.05, 3.63) is 29.0 Å². The highest BCUT2D eigenvalue weighted by Crippen LogP contribution is 2.19. The SMILES string of the molecule is CN1CCC(N(C)C(=O)c2cccnc2Cl)CC1. The van der Waals surface area contributed by atoms with E-state index in [4.69, 9.17) is 11.6 Å². The summed E-state index contributed by atoms with van der Waals surface area (Å²) in [7, 11) is 3.96. The molecule has 1 amide bonds. The molecule has 0 unspecified atom stereocenters.